The van der Waals surface area contributed by atoms with E-state index in [1.54, 1.807) is 30.3 Å². The standard InChI is InChI=1S/C21H21NO6/c1-13-3-7-18(19(9-13)26-2)27-12-21(25)28-11-17(23)15-4-6-16-14(10-15)5-8-20(24)22-16/h3-4,6-7,9-10H,5,8,11-12H2,1-2H3,(H,22,24). The van der Waals surface area contributed by atoms with E-state index in [1.807, 2.05) is 13.0 Å². The monoisotopic (exact) mass is 383 g/mol. The molecule has 0 unspecified atom stereocenters. The van der Waals surface area contributed by atoms with Crippen LogP contribution in [-0.2, 0) is 20.7 Å². The van der Waals surface area contributed by atoms with Crippen molar-refractivity contribution in [3.8, 4) is 11.5 Å². The smallest absolute Gasteiger partial charge is 0.344 e. The molecule has 1 N–H and O–H groups in total. The number of esters is 1. The third-order valence-electron chi connectivity index (χ3n) is 4.35. The molecule has 0 aromatic heterocycles. The number of carbonyl (C=O) groups excluding carboxylic acids is 3. The van der Waals surface area contributed by atoms with Crippen LogP contribution >= 0.6 is 0 Å². The molecule has 0 saturated carbocycles. The summed E-state index contributed by atoms with van der Waals surface area (Å²) in [6.45, 7) is 1.21. The number of nitrogens with one attached hydrogen (secondary N) is 1. The molecular formula is C21H21NO6. The fourth-order valence-electron chi connectivity index (χ4n) is 2.86. The van der Waals surface area contributed by atoms with Crippen molar-refractivity contribution >= 4 is 23.3 Å². The number of aryl methyl sites for hydroxylation is 2. The maximum absolute atomic E-state index is 12.3. The fourth-order valence-corrected chi connectivity index (χ4v) is 2.86. The van der Waals surface area contributed by atoms with E-state index in [4.69, 9.17) is 14.2 Å². The van der Waals surface area contributed by atoms with Crippen LogP contribution in [0.15, 0.2) is 36.4 Å². The van der Waals surface area contributed by atoms with E-state index in [1.165, 1.54) is 7.11 Å². The van der Waals surface area contributed by atoms with E-state index in [0.29, 0.717) is 35.6 Å². The first-order chi connectivity index (χ1) is 13.5. The molecule has 7 heteroatoms. The van der Waals surface area contributed by atoms with E-state index in [2.05, 4.69) is 5.32 Å². The fraction of sp³-hybridized carbons (Fsp3) is 0.286. The van der Waals surface area contributed by atoms with Gasteiger partial charge in [-0.3, -0.25) is 9.59 Å². The van der Waals surface area contributed by atoms with Gasteiger partial charge in [0.1, 0.15) is 0 Å². The van der Waals surface area contributed by atoms with Gasteiger partial charge in [0, 0.05) is 17.7 Å². The molecule has 0 bridgehead atoms. The molecule has 2 aromatic carbocycles. The molecule has 1 heterocycles. The van der Waals surface area contributed by atoms with E-state index < -0.39 is 5.97 Å². The lowest BCUT2D eigenvalue weighted by Gasteiger charge is -2.17. The van der Waals surface area contributed by atoms with E-state index in [0.717, 1.165) is 11.1 Å². The summed E-state index contributed by atoms with van der Waals surface area (Å²) in [6, 6.07) is 10.4. The minimum atomic E-state index is -0.652. The van der Waals surface area contributed by atoms with Crippen LogP contribution in [0.25, 0.3) is 0 Å². The van der Waals surface area contributed by atoms with Gasteiger partial charge in [0.15, 0.2) is 30.5 Å². The zero-order valence-corrected chi connectivity index (χ0v) is 15.7. The SMILES string of the molecule is COc1cc(C)ccc1OCC(=O)OCC(=O)c1ccc2c(c1)CCC(=O)N2. The average Bonchev–Trinajstić information content (AvgIpc) is 2.70. The number of amides is 1. The number of Topliss-reactive ketones (excluding diaryl/α,β-unsaturated/α-hetero) is 1. The Morgan fingerprint density at radius 3 is 2.64 bits per heavy atom. The van der Waals surface area contributed by atoms with Gasteiger partial charge in [0.25, 0.3) is 0 Å². The molecule has 146 valence electrons. The lowest BCUT2D eigenvalue weighted by atomic mass is 9.99. The highest BCUT2D eigenvalue weighted by Crippen LogP contribution is 2.27. The van der Waals surface area contributed by atoms with Crippen LogP contribution in [0.5, 0.6) is 11.5 Å². The molecule has 3 rings (SSSR count). The molecule has 0 atom stereocenters. The summed E-state index contributed by atoms with van der Waals surface area (Å²) in [5, 5.41) is 2.76. The third kappa shape index (κ3) is 4.68. The van der Waals surface area contributed by atoms with Crippen molar-refractivity contribution in [2.45, 2.75) is 19.8 Å². The number of hydrogen-bond donors (Lipinski definition) is 1. The van der Waals surface area contributed by atoms with Crippen LogP contribution in [0, 0.1) is 6.92 Å². The topological polar surface area (TPSA) is 90.9 Å². The van der Waals surface area contributed by atoms with Crippen molar-refractivity contribution in [3.05, 3.63) is 53.1 Å². The second-order valence-electron chi connectivity index (χ2n) is 6.45. The van der Waals surface area contributed by atoms with Gasteiger partial charge in [-0.2, -0.15) is 0 Å². The summed E-state index contributed by atoms with van der Waals surface area (Å²) < 4.78 is 15.6. The first-order valence-corrected chi connectivity index (χ1v) is 8.85. The molecule has 0 spiro atoms. The predicted molar refractivity (Wildman–Crippen MR) is 102 cm³/mol. The van der Waals surface area contributed by atoms with Gasteiger partial charge in [-0.05, 0) is 54.8 Å². The Bertz CT molecular complexity index is 921. The van der Waals surface area contributed by atoms with Gasteiger partial charge in [-0.1, -0.05) is 6.07 Å². The van der Waals surface area contributed by atoms with Crippen LogP contribution in [0.3, 0.4) is 0 Å². The molecule has 1 amide bonds. The van der Waals surface area contributed by atoms with E-state index >= 15 is 0 Å². The lowest BCUT2D eigenvalue weighted by Crippen LogP contribution is -2.21. The molecule has 0 saturated heterocycles. The number of benzene rings is 2. The molecule has 0 radical (unpaired) electrons. The molecule has 1 aliphatic rings. The van der Waals surface area contributed by atoms with Crippen molar-refractivity contribution in [2.75, 3.05) is 25.6 Å². The summed E-state index contributed by atoms with van der Waals surface area (Å²) >= 11 is 0. The molecule has 0 fully saturated rings. The summed E-state index contributed by atoms with van der Waals surface area (Å²) in [4.78, 5) is 35.6. The Morgan fingerprint density at radius 1 is 1.04 bits per heavy atom. The first kappa shape index (κ1) is 19.4. The van der Waals surface area contributed by atoms with Gasteiger partial charge < -0.3 is 19.5 Å². The second kappa shape index (κ2) is 8.56. The Labute approximate surface area is 162 Å². The first-order valence-electron chi connectivity index (χ1n) is 8.85. The van der Waals surface area contributed by atoms with Crippen LogP contribution in [0.4, 0.5) is 5.69 Å². The third-order valence-corrected chi connectivity index (χ3v) is 4.35. The number of fused-ring (bicyclic) bond motifs is 1. The number of ketones is 1. The van der Waals surface area contributed by atoms with E-state index in [-0.39, 0.29) is 24.9 Å². The van der Waals surface area contributed by atoms with Crippen molar-refractivity contribution in [1.82, 2.24) is 0 Å². The Morgan fingerprint density at radius 2 is 1.86 bits per heavy atom. The number of anilines is 1. The number of ether oxygens (including phenoxy) is 3. The Balaban J connectivity index is 1.52. The number of methoxy groups -OCH3 is 1. The molecule has 7 nitrogen and oxygen atoms in total. The predicted octanol–water partition coefficient (Wildman–Crippen LogP) is 2.69. The van der Waals surface area contributed by atoms with Gasteiger partial charge in [0.05, 0.1) is 7.11 Å². The summed E-state index contributed by atoms with van der Waals surface area (Å²) in [7, 11) is 1.52. The zero-order valence-electron chi connectivity index (χ0n) is 15.7. The highest BCUT2D eigenvalue weighted by atomic mass is 16.6. The van der Waals surface area contributed by atoms with Crippen molar-refractivity contribution < 1.29 is 28.6 Å². The van der Waals surface area contributed by atoms with Crippen LogP contribution < -0.4 is 14.8 Å². The maximum Gasteiger partial charge on any atom is 0.344 e. The van der Waals surface area contributed by atoms with Crippen molar-refractivity contribution in [2.24, 2.45) is 0 Å². The highest BCUT2D eigenvalue weighted by molar-refractivity contribution is 6.00. The van der Waals surface area contributed by atoms with Crippen molar-refractivity contribution in [1.29, 1.82) is 0 Å². The van der Waals surface area contributed by atoms with E-state index in [9.17, 15) is 14.4 Å². The van der Waals surface area contributed by atoms with Gasteiger partial charge in [-0.15, -0.1) is 0 Å². The van der Waals surface area contributed by atoms with Gasteiger partial charge >= 0.3 is 5.97 Å². The molecule has 2 aromatic rings. The quantitative estimate of drug-likeness (QED) is 0.584. The van der Waals surface area contributed by atoms with Crippen LogP contribution in [0.2, 0.25) is 0 Å². The Hall–Kier alpha value is -3.35. The number of rotatable bonds is 7. The molecule has 28 heavy (non-hydrogen) atoms. The largest absolute Gasteiger partial charge is 0.493 e. The Kier molecular flexibility index (Phi) is 5.93. The molecule has 1 aliphatic heterocycles. The summed E-state index contributed by atoms with van der Waals surface area (Å²) in [6.07, 6.45) is 0.966. The number of hydrogen-bond acceptors (Lipinski definition) is 6. The van der Waals surface area contributed by atoms with Crippen LogP contribution in [-0.4, -0.2) is 38.0 Å². The maximum atomic E-state index is 12.3. The highest BCUT2D eigenvalue weighted by Gasteiger charge is 2.18. The van der Waals surface area contributed by atoms with Crippen molar-refractivity contribution in [3.63, 3.8) is 0 Å². The summed E-state index contributed by atoms with van der Waals surface area (Å²) in [5.74, 6) is -0.0639. The minimum Gasteiger partial charge on any atom is -0.493 e. The lowest BCUT2D eigenvalue weighted by molar-refractivity contribution is -0.144. The average molecular weight is 383 g/mol. The van der Waals surface area contributed by atoms with Gasteiger partial charge in [0.2, 0.25) is 5.91 Å². The second-order valence-corrected chi connectivity index (χ2v) is 6.45. The molecule has 0 aliphatic carbocycles. The number of carbonyl (C=O) groups is 3. The van der Waals surface area contributed by atoms with Crippen LogP contribution in [0.1, 0.15) is 27.9 Å². The minimum absolute atomic E-state index is 0.0364. The van der Waals surface area contributed by atoms with Gasteiger partial charge in [-0.25, -0.2) is 4.79 Å². The summed E-state index contributed by atoms with van der Waals surface area (Å²) in [5.41, 5.74) is 3.04. The zero-order chi connectivity index (χ0) is 20.1. The molecular weight excluding hydrogens is 362 g/mol. The normalized spacial score (nSPS) is 12.6.